The maximum absolute atomic E-state index is 13.4. The number of fused-ring (bicyclic) bond motifs is 2. The Labute approximate surface area is 160 Å². The number of piperidine rings is 2. The van der Waals surface area contributed by atoms with Crippen LogP contribution in [0.1, 0.15) is 32.6 Å². The Bertz CT molecular complexity index is 818. The number of benzene rings is 1. The molecule has 0 N–H and O–H groups in total. The molecule has 0 amide bonds. The van der Waals surface area contributed by atoms with E-state index in [2.05, 4.69) is 0 Å². The van der Waals surface area contributed by atoms with Gasteiger partial charge in [0.25, 0.3) is 0 Å². The lowest BCUT2D eigenvalue weighted by atomic mass is 9.75. The first-order valence-corrected chi connectivity index (χ1v) is 10.8. The largest absolute Gasteiger partial charge is 0.383 e. The molecule has 3 rings (SSSR count). The summed E-state index contributed by atoms with van der Waals surface area (Å²) in [6, 6.07) is 5.60. The van der Waals surface area contributed by atoms with Crippen LogP contribution in [-0.4, -0.2) is 49.6 Å². The summed E-state index contributed by atoms with van der Waals surface area (Å²) in [4.78, 5) is 15.1. The van der Waals surface area contributed by atoms with Crippen molar-refractivity contribution in [2.75, 3.05) is 14.1 Å². The molecule has 3 atom stereocenters. The van der Waals surface area contributed by atoms with Gasteiger partial charge in [0, 0.05) is 42.9 Å². The monoisotopic (exact) mass is 396 g/mol. The Balaban J connectivity index is 2.12. The van der Waals surface area contributed by atoms with E-state index >= 15 is 0 Å². The average molecular weight is 397 g/mol. The van der Waals surface area contributed by atoms with Gasteiger partial charge in [-0.05, 0) is 49.9 Å². The fourth-order valence-corrected chi connectivity index (χ4v) is 6.20. The predicted octanol–water partition coefficient (Wildman–Crippen LogP) is 3.31. The number of nitrogens with zero attached hydrogens (tertiary/aromatic N) is 2. The van der Waals surface area contributed by atoms with Crippen LogP contribution in [0.5, 0.6) is 0 Å². The van der Waals surface area contributed by atoms with Crippen LogP contribution in [0.3, 0.4) is 0 Å². The van der Waals surface area contributed by atoms with Crippen molar-refractivity contribution >= 4 is 27.4 Å². The van der Waals surface area contributed by atoms with Crippen LogP contribution >= 0.6 is 11.6 Å². The van der Waals surface area contributed by atoms with Crippen molar-refractivity contribution in [2.45, 2.75) is 49.6 Å². The molecule has 26 heavy (non-hydrogen) atoms. The second-order valence-electron chi connectivity index (χ2n) is 7.23. The molecule has 7 heteroatoms. The lowest BCUT2D eigenvalue weighted by Gasteiger charge is -2.49. The number of hydrogen-bond donors (Lipinski definition) is 0. The van der Waals surface area contributed by atoms with E-state index in [0.717, 1.165) is 12.8 Å². The zero-order valence-electron chi connectivity index (χ0n) is 15.4. The zero-order chi connectivity index (χ0) is 19.1. The molecule has 3 unspecified atom stereocenters. The van der Waals surface area contributed by atoms with E-state index in [9.17, 15) is 13.2 Å². The SMILES string of the molecule is CCC1C(=O)/C(=C/N(C)C)C2CCCC1N2S(=O)(=O)c1ccc(Cl)cc1. The third-order valence-electron chi connectivity index (χ3n) is 5.28. The Kier molecular flexibility index (Phi) is 5.47. The van der Waals surface area contributed by atoms with E-state index in [4.69, 9.17) is 11.6 Å². The second kappa shape index (κ2) is 7.33. The highest BCUT2D eigenvalue weighted by Gasteiger charge is 2.51. The molecule has 0 aromatic heterocycles. The highest BCUT2D eigenvalue weighted by molar-refractivity contribution is 7.89. The van der Waals surface area contributed by atoms with Crippen molar-refractivity contribution in [3.05, 3.63) is 41.1 Å². The molecule has 1 aromatic rings. The molecule has 2 saturated heterocycles. The van der Waals surface area contributed by atoms with Crippen LogP contribution in [0, 0.1) is 5.92 Å². The minimum absolute atomic E-state index is 0.0958. The van der Waals surface area contributed by atoms with Crippen molar-refractivity contribution in [3.8, 4) is 0 Å². The zero-order valence-corrected chi connectivity index (χ0v) is 16.9. The fourth-order valence-electron chi connectivity index (χ4n) is 4.19. The molecule has 2 heterocycles. The van der Waals surface area contributed by atoms with Crippen LogP contribution in [-0.2, 0) is 14.8 Å². The highest BCUT2D eigenvalue weighted by atomic mass is 35.5. The number of carbonyl (C=O) groups excluding carboxylic acids is 1. The molecule has 2 aliphatic rings. The number of carbonyl (C=O) groups is 1. The van der Waals surface area contributed by atoms with Crippen LogP contribution < -0.4 is 0 Å². The summed E-state index contributed by atoms with van der Waals surface area (Å²) in [6.07, 6.45) is 4.75. The average Bonchev–Trinajstić information content (AvgIpc) is 2.59. The Morgan fingerprint density at radius 2 is 1.88 bits per heavy atom. The van der Waals surface area contributed by atoms with Crippen molar-refractivity contribution < 1.29 is 13.2 Å². The lowest BCUT2D eigenvalue weighted by Crippen LogP contribution is -2.60. The number of sulfonamides is 1. The van der Waals surface area contributed by atoms with Gasteiger partial charge < -0.3 is 4.90 Å². The van der Waals surface area contributed by atoms with Gasteiger partial charge in [-0.25, -0.2) is 8.42 Å². The third-order valence-corrected chi connectivity index (χ3v) is 7.48. The summed E-state index contributed by atoms with van der Waals surface area (Å²) < 4.78 is 28.5. The fraction of sp³-hybridized carbons (Fsp3) is 0.526. The number of ketones is 1. The first kappa shape index (κ1) is 19.4. The molecular formula is C19H25ClN2O3S. The molecule has 5 nitrogen and oxygen atoms in total. The van der Waals surface area contributed by atoms with E-state index in [1.807, 2.05) is 25.9 Å². The Morgan fingerprint density at radius 3 is 2.46 bits per heavy atom. The van der Waals surface area contributed by atoms with Crippen molar-refractivity contribution in [3.63, 3.8) is 0 Å². The van der Waals surface area contributed by atoms with Crippen LogP contribution in [0.25, 0.3) is 0 Å². The molecule has 0 radical (unpaired) electrons. The van der Waals surface area contributed by atoms with Crippen LogP contribution in [0.2, 0.25) is 5.02 Å². The molecule has 2 fully saturated rings. The van der Waals surface area contributed by atoms with Crippen LogP contribution in [0.4, 0.5) is 0 Å². The standard InChI is InChI=1S/C19H25ClN2O3S/c1-4-15-17-6-5-7-18(16(19(15)23)12-21(2)3)22(17)26(24,25)14-10-8-13(20)9-11-14/h8-12,15,17-18H,4-7H2,1-3H3/b16-12+. The quantitative estimate of drug-likeness (QED) is 0.732. The maximum Gasteiger partial charge on any atom is 0.243 e. The Morgan fingerprint density at radius 1 is 1.23 bits per heavy atom. The van der Waals surface area contributed by atoms with Crippen molar-refractivity contribution in [1.82, 2.24) is 9.21 Å². The summed E-state index contributed by atoms with van der Waals surface area (Å²) in [5.41, 5.74) is 0.607. The topological polar surface area (TPSA) is 57.7 Å². The van der Waals surface area contributed by atoms with Crippen LogP contribution in [0.15, 0.2) is 40.9 Å². The molecule has 2 aliphatic heterocycles. The minimum Gasteiger partial charge on any atom is -0.383 e. The van der Waals surface area contributed by atoms with E-state index < -0.39 is 16.1 Å². The van der Waals surface area contributed by atoms with Crippen molar-refractivity contribution in [1.29, 1.82) is 0 Å². The van der Waals surface area contributed by atoms with E-state index in [1.54, 1.807) is 34.8 Å². The van der Waals surface area contributed by atoms with Crippen molar-refractivity contribution in [2.24, 2.45) is 5.92 Å². The predicted molar refractivity (Wildman–Crippen MR) is 102 cm³/mol. The summed E-state index contributed by atoms with van der Waals surface area (Å²) in [7, 11) is 0.000643. The lowest BCUT2D eigenvalue weighted by molar-refractivity contribution is -0.125. The summed E-state index contributed by atoms with van der Waals surface area (Å²) in [6.45, 7) is 1.96. The number of rotatable bonds is 4. The van der Waals surface area contributed by atoms with Gasteiger partial charge in [-0.15, -0.1) is 0 Å². The molecule has 2 bridgehead atoms. The van der Waals surface area contributed by atoms with Gasteiger partial charge in [0.2, 0.25) is 10.0 Å². The van der Waals surface area contributed by atoms with Gasteiger partial charge in [0.15, 0.2) is 5.78 Å². The summed E-state index contributed by atoms with van der Waals surface area (Å²) in [5.74, 6) is -0.196. The van der Waals surface area contributed by atoms with Gasteiger partial charge in [-0.1, -0.05) is 18.5 Å². The van der Waals surface area contributed by atoms with E-state index in [-0.39, 0.29) is 22.6 Å². The minimum atomic E-state index is -3.71. The maximum atomic E-state index is 13.4. The van der Waals surface area contributed by atoms with Gasteiger partial charge in [0.05, 0.1) is 10.9 Å². The molecule has 1 aromatic carbocycles. The molecule has 142 valence electrons. The smallest absolute Gasteiger partial charge is 0.243 e. The molecular weight excluding hydrogens is 372 g/mol. The highest BCUT2D eigenvalue weighted by Crippen LogP contribution is 2.43. The molecule has 0 aliphatic carbocycles. The van der Waals surface area contributed by atoms with Gasteiger partial charge in [-0.2, -0.15) is 4.31 Å². The summed E-state index contributed by atoms with van der Waals surface area (Å²) in [5, 5.41) is 0.498. The molecule has 0 saturated carbocycles. The van der Waals surface area contributed by atoms with E-state index in [0.29, 0.717) is 23.4 Å². The second-order valence-corrected chi connectivity index (χ2v) is 9.51. The number of Topliss-reactive ketones (excluding diaryl/α,β-unsaturated/α-hetero) is 1. The first-order chi connectivity index (χ1) is 12.3. The normalized spacial score (nSPS) is 28.4. The van der Waals surface area contributed by atoms with Gasteiger partial charge in [-0.3, -0.25) is 4.79 Å². The van der Waals surface area contributed by atoms with Gasteiger partial charge in [0.1, 0.15) is 0 Å². The number of halogens is 1. The van der Waals surface area contributed by atoms with E-state index in [1.165, 1.54) is 0 Å². The summed E-state index contributed by atoms with van der Waals surface area (Å²) >= 11 is 5.92. The third kappa shape index (κ3) is 3.30. The molecule has 0 spiro atoms. The Hall–Kier alpha value is -1.37. The van der Waals surface area contributed by atoms with Gasteiger partial charge >= 0.3 is 0 Å². The first-order valence-electron chi connectivity index (χ1n) is 8.98. The number of hydrogen-bond acceptors (Lipinski definition) is 4.